The Hall–Kier alpha value is -5.70. The van der Waals surface area contributed by atoms with E-state index in [0.717, 1.165) is 26.7 Å². The van der Waals surface area contributed by atoms with Crippen molar-refractivity contribution in [3.8, 4) is 17.2 Å². The molecule has 20 nitrogen and oxygen atoms in total. The molecule has 0 aliphatic carbocycles. The molecule has 0 bridgehead atoms. The average Bonchev–Trinajstić information content (AvgIpc) is 3.25. The van der Waals surface area contributed by atoms with Crippen LogP contribution in [0.4, 0.5) is 35.3 Å². The van der Waals surface area contributed by atoms with Gasteiger partial charge in [-0.15, -0.1) is 0 Å². The largest absolute Gasteiger partial charge is 0.497 e. The predicted molar refractivity (Wildman–Crippen MR) is 271 cm³/mol. The van der Waals surface area contributed by atoms with Crippen molar-refractivity contribution in [3.05, 3.63) is 77.7 Å². The molecule has 0 saturated heterocycles. The number of hydrogen-bond donors (Lipinski definition) is 7. The van der Waals surface area contributed by atoms with Gasteiger partial charge in [-0.25, -0.2) is 36.9 Å². The second kappa shape index (κ2) is 23.5. The maximum absolute atomic E-state index is 11.8. The Morgan fingerprint density at radius 2 is 0.853 bits per heavy atom. The van der Waals surface area contributed by atoms with Crippen molar-refractivity contribution in [3.63, 3.8) is 0 Å². The van der Waals surface area contributed by atoms with Crippen molar-refractivity contribution < 1.29 is 31.0 Å². The van der Waals surface area contributed by atoms with Crippen LogP contribution in [0.1, 0.15) is 76.0 Å². The minimum Gasteiger partial charge on any atom is -0.497 e. The van der Waals surface area contributed by atoms with E-state index >= 15 is 0 Å². The van der Waals surface area contributed by atoms with Crippen molar-refractivity contribution >= 4 is 100 Å². The van der Waals surface area contributed by atoms with E-state index in [4.69, 9.17) is 64.4 Å². The van der Waals surface area contributed by atoms with Crippen LogP contribution in [0.2, 0.25) is 0 Å². The number of methoxy groups -OCH3 is 3. The summed E-state index contributed by atoms with van der Waals surface area (Å²) in [4.78, 5) is 27.8. The standard InChI is InChI=1S/C14H17ClN4O3S2.C14H19N5O3S2.C14H18N4OS/c1-7(2)8-4-9(22-3)12(24(15,20)21)5-10(8)23-11-6-18-14(17)19-13(11)16;1-7(2)8-4-9(22-3)12(24(17,20)21)5-10(8)23-11-6-18-14(16)19-13(11)15;1-8(2)10-6-9(19-3)4-5-11(10)20-12-7-17-14(16)18-13(12)15/h4-7H,1-3H3,(H4,16,17,18,19);4-7H,1-3H3,(H2,17,20,21)(H4,15,16,18,19);4-8H,1-3H3,(H4,15,16,17,18). The Bertz CT molecular complexity index is 2840. The first-order valence-corrected chi connectivity index (χ1v) is 26.3. The molecule has 14 N–H and O–H groups in total. The van der Waals surface area contributed by atoms with Crippen molar-refractivity contribution in [1.29, 1.82) is 0 Å². The molecule has 6 rings (SSSR count). The summed E-state index contributed by atoms with van der Waals surface area (Å²) in [7, 11) is 2.06. The lowest BCUT2D eigenvalue weighted by atomic mass is 10.0. The van der Waals surface area contributed by atoms with E-state index in [1.54, 1.807) is 25.4 Å². The zero-order valence-corrected chi connectivity index (χ0v) is 43.3. The number of primary sulfonamides is 1. The molecule has 0 amide bonds. The van der Waals surface area contributed by atoms with E-state index < -0.39 is 19.1 Å². The number of benzene rings is 3. The first kappa shape index (κ1) is 54.9. The van der Waals surface area contributed by atoms with Gasteiger partial charge in [-0.05, 0) is 76.9 Å². The second-order valence-electron chi connectivity index (χ2n) is 15.2. The molecule has 26 heteroatoms. The smallest absolute Gasteiger partial charge is 0.265 e. The highest BCUT2D eigenvalue weighted by Crippen LogP contribution is 2.43. The molecule has 0 radical (unpaired) electrons. The monoisotopic (exact) mass is 1050 g/mol. The molecule has 3 heterocycles. The third-order valence-electron chi connectivity index (χ3n) is 9.31. The summed E-state index contributed by atoms with van der Waals surface area (Å²) in [6, 6.07) is 12.3. The Labute approximate surface area is 413 Å². The van der Waals surface area contributed by atoms with Crippen LogP contribution in [-0.2, 0) is 19.1 Å². The minimum atomic E-state index is -3.97. The highest BCUT2D eigenvalue weighted by molar-refractivity contribution is 8.13. The third kappa shape index (κ3) is 14.7. The first-order chi connectivity index (χ1) is 31.8. The van der Waals surface area contributed by atoms with Crippen LogP contribution in [0.5, 0.6) is 17.2 Å². The number of sulfonamides is 1. The van der Waals surface area contributed by atoms with Gasteiger partial charge in [0.15, 0.2) is 0 Å². The van der Waals surface area contributed by atoms with Gasteiger partial charge in [0.1, 0.15) is 44.5 Å². The fourth-order valence-electron chi connectivity index (χ4n) is 5.91. The Balaban J connectivity index is 0.000000223. The summed E-state index contributed by atoms with van der Waals surface area (Å²) in [5.41, 5.74) is 37.1. The lowest BCUT2D eigenvalue weighted by Crippen LogP contribution is -2.14. The van der Waals surface area contributed by atoms with Gasteiger partial charge in [0.2, 0.25) is 27.9 Å². The Kier molecular flexibility index (Phi) is 19.0. The van der Waals surface area contributed by atoms with E-state index in [-0.39, 0.29) is 62.6 Å². The number of aromatic nitrogens is 6. The summed E-state index contributed by atoms with van der Waals surface area (Å²) >= 11 is 4.03. The molecule has 6 aromatic rings. The Morgan fingerprint density at radius 3 is 1.18 bits per heavy atom. The molecule has 0 atom stereocenters. The highest BCUT2D eigenvalue weighted by atomic mass is 35.7. The van der Waals surface area contributed by atoms with Crippen LogP contribution in [0.3, 0.4) is 0 Å². The van der Waals surface area contributed by atoms with Gasteiger partial charge >= 0.3 is 0 Å². The number of nitrogens with zero attached hydrogens (tertiary/aromatic N) is 6. The van der Waals surface area contributed by atoms with Gasteiger partial charge in [0.25, 0.3) is 9.05 Å². The van der Waals surface area contributed by atoms with Crippen LogP contribution >= 0.6 is 46.0 Å². The van der Waals surface area contributed by atoms with Gasteiger partial charge in [-0.3, -0.25) is 0 Å². The van der Waals surface area contributed by atoms with Crippen molar-refractivity contribution in [2.75, 3.05) is 55.7 Å². The topological polar surface area (TPSA) is 355 Å². The second-order valence-corrected chi connectivity index (χ2v) is 22.5. The SMILES string of the molecule is COc1cc(C(C)C)c(Sc2cnc(N)nc2N)cc1S(=O)(=O)Cl.COc1cc(C(C)C)c(Sc2cnc(N)nc2N)cc1S(N)(=O)=O.COc1ccc(Sc2cnc(N)nc2N)c(C(C)C)c1. The summed E-state index contributed by atoms with van der Waals surface area (Å²) < 4.78 is 62.9. The van der Waals surface area contributed by atoms with Gasteiger partial charge in [-0.2, -0.15) is 15.0 Å². The van der Waals surface area contributed by atoms with Crippen molar-refractivity contribution in [2.24, 2.45) is 5.14 Å². The maximum atomic E-state index is 11.8. The quantitative estimate of drug-likeness (QED) is 0.0524. The molecule has 0 aliphatic heterocycles. The molecule has 0 saturated carbocycles. The average molecular weight is 1050 g/mol. The zero-order valence-electron chi connectivity index (χ0n) is 38.5. The molecule has 0 unspecified atom stereocenters. The molecule has 366 valence electrons. The number of halogens is 1. The summed E-state index contributed by atoms with van der Waals surface area (Å²) in [5, 5.41) is 5.29. The minimum absolute atomic E-state index is 0.0692. The molecular formula is C42H54ClN13O7S5. The van der Waals surface area contributed by atoms with Gasteiger partial charge < -0.3 is 48.6 Å². The molecule has 0 fully saturated rings. The number of anilines is 6. The van der Waals surface area contributed by atoms with Crippen LogP contribution in [-0.4, -0.2) is 68.1 Å². The van der Waals surface area contributed by atoms with Crippen LogP contribution in [0.25, 0.3) is 0 Å². The number of rotatable bonds is 14. The van der Waals surface area contributed by atoms with E-state index in [2.05, 4.69) is 43.8 Å². The summed E-state index contributed by atoms with van der Waals surface area (Å²) in [5.74, 6) is 3.01. The third-order valence-corrected chi connectivity index (χ3v) is 14.9. The fourth-order valence-corrected chi connectivity index (χ4v) is 11.0. The van der Waals surface area contributed by atoms with Crippen molar-refractivity contribution in [1.82, 2.24) is 29.9 Å². The lowest BCUT2D eigenvalue weighted by Gasteiger charge is -2.17. The highest BCUT2D eigenvalue weighted by Gasteiger charge is 2.24. The normalized spacial score (nSPS) is 11.4. The molecular weight excluding hydrogens is 994 g/mol. The van der Waals surface area contributed by atoms with Gasteiger partial charge in [0, 0.05) is 44.0 Å². The molecule has 0 aliphatic rings. The number of nitrogen functional groups attached to an aromatic ring is 6. The van der Waals surface area contributed by atoms with E-state index in [1.165, 1.54) is 79.6 Å². The molecule has 68 heavy (non-hydrogen) atoms. The first-order valence-electron chi connectivity index (χ1n) is 20.0. The van der Waals surface area contributed by atoms with Crippen molar-refractivity contribution in [2.45, 2.75) is 98.5 Å². The predicted octanol–water partition coefficient (Wildman–Crippen LogP) is 7.35. The molecule has 3 aromatic carbocycles. The summed E-state index contributed by atoms with van der Waals surface area (Å²) in [6.45, 7) is 12.2. The fraction of sp³-hybridized carbons (Fsp3) is 0.286. The number of ether oxygens (including phenoxy) is 3. The summed E-state index contributed by atoms with van der Waals surface area (Å²) in [6.07, 6.45) is 4.63. The number of nitrogens with two attached hydrogens (primary N) is 7. The van der Waals surface area contributed by atoms with Gasteiger partial charge in [-0.1, -0.05) is 76.8 Å². The molecule has 0 spiro atoms. The van der Waals surface area contributed by atoms with Crippen LogP contribution < -0.4 is 53.8 Å². The number of hydrogen-bond acceptors (Lipinski definition) is 22. The van der Waals surface area contributed by atoms with E-state index in [1.807, 2.05) is 45.9 Å². The van der Waals surface area contributed by atoms with E-state index in [9.17, 15) is 16.8 Å². The lowest BCUT2D eigenvalue weighted by molar-refractivity contribution is 0.401. The maximum Gasteiger partial charge on any atom is 0.265 e. The zero-order chi connectivity index (χ0) is 50.8. The van der Waals surface area contributed by atoms with Crippen LogP contribution in [0.15, 0.2) is 100 Å². The molecule has 3 aromatic heterocycles. The van der Waals surface area contributed by atoms with Crippen LogP contribution in [0, 0.1) is 0 Å². The van der Waals surface area contributed by atoms with E-state index in [0.29, 0.717) is 31.3 Å². The Morgan fingerprint density at radius 1 is 0.500 bits per heavy atom. The van der Waals surface area contributed by atoms with Gasteiger partial charge in [0.05, 0.1) is 36.0 Å².